The molecule has 1 N–H and O–H groups in total. The summed E-state index contributed by atoms with van der Waals surface area (Å²) in [5, 5.41) is 3.89. The first kappa shape index (κ1) is 19.8. The van der Waals surface area contributed by atoms with Crippen molar-refractivity contribution < 1.29 is 13.2 Å². The number of anilines is 1. The number of carbonyl (C=O) groups is 1. The molecule has 0 aliphatic carbocycles. The van der Waals surface area contributed by atoms with Crippen molar-refractivity contribution >= 4 is 49.8 Å². The van der Waals surface area contributed by atoms with Gasteiger partial charge in [-0.15, -0.1) is 15.7 Å². The fourth-order valence-corrected chi connectivity index (χ4v) is 5.05. The van der Waals surface area contributed by atoms with Gasteiger partial charge in [0.25, 0.3) is 15.9 Å². The van der Waals surface area contributed by atoms with E-state index in [0.717, 1.165) is 21.0 Å². The molecule has 10 heteroatoms. The Hall–Kier alpha value is -2.49. The van der Waals surface area contributed by atoms with Gasteiger partial charge in [-0.2, -0.15) is 0 Å². The van der Waals surface area contributed by atoms with E-state index in [1.165, 1.54) is 11.3 Å². The highest BCUT2D eigenvalue weighted by molar-refractivity contribution is 7.90. The van der Waals surface area contributed by atoms with Crippen LogP contribution in [-0.4, -0.2) is 42.3 Å². The van der Waals surface area contributed by atoms with Gasteiger partial charge in [-0.3, -0.25) is 10.1 Å². The standard InChI is InChI=1S/C19H17ClN4O3S2/c1-12-4-2-5-13(16(12)20)10-14-11-21-19(28-14)22-18(25)15-6-3-7-24-8-9-29(26,27)23-17(15)24/h2-7,11H,8-10H2,1H3,(H,21,22,25). The molecule has 7 nitrogen and oxygen atoms in total. The van der Waals surface area contributed by atoms with Crippen molar-refractivity contribution in [3.63, 3.8) is 0 Å². The van der Waals surface area contributed by atoms with E-state index in [1.807, 2.05) is 25.1 Å². The Morgan fingerprint density at radius 2 is 2.21 bits per heavy atom. The van der Waals surface area contributed by atoms with E-state index in [1.54, 1.807) is 29.4 Å². The lowest BCUT2D eigenvalue weighted by molar-refractivity contribution is -0.112. The fraction of sp³-hybridized carbons (Fsp3) is 0.211. The Labute approximate surface area is 177 Å². The maximum absolute atomic E-state index is 12.7. The van der Waals surface area contributed by atoms with Crippen LogP contribution in [-0.2, 0) is 21.2 Å². The largest absolute Gasteiger partial charge is 0.331 e. The number of aryl methyl sites for hydroxylation is 1. The number of nitrogens with one attached hydrogen (secondary N) is 1. The highest BCUT2D eigenvalue weighted by Gasteiger charge is 2.30. The summed E-state index contributed by atoms with van der Waals surface area (Å²) < 4.78 is 27.4. The van der Waals surface area contributed by atoms with Crippen LogP contribution in [0.2, 0.25) is 5.02 Å². The lowest BCUT2D eigenvalue weighted by Crippen LogP contribution is -2.40. The molecule has 0 saturated carbocycles. The molecule has 0 unspecified atom stereocenters. The number of sulfonamides is 1. The minimum atomic E-state index is -3.56. The predicted octanol–water partition coefficient (Wildman–Crippen LogP) is 3.13. The van der Waals surface area contributed by atoms with Crippen LogP contribution in [0.5, 0.6) is 0 Å². The molecule has 29 heavy (non-hydrogen) atoms. The molecule has 1 aromatic carbocycles. The SMILES string of the molecule is Cc1cccc(Cc2cnc(NC(=O)C3=CC=CN4CCS(=O)(=O)N=C34)s2)c1Cl. The molecule has 0 spiro atoms. The molecular weight excluding hydrogens is 432 g/mol. The third-order valence-corrected chi connectivity index (χ3v) is 7.12. The van der Waals surface area contributed by atoms with Crippen molar-refractivity contribution in [1.82, 2.24) is 9.88 Å². The van der Waals surface area contributed by atoms with E-state index < -0.39 is 15.9 Å². The maximum Gasteiger partial charge on any atom is 0.261 e. The monoisotopic (exact) mass is 448 g/mol. The first-order chi connectivity index (χ1) is 13.8. The van der Waals surface area contributed by atoms with Crippen molar-refractivity contribution in [1.29, 1.82) is 0 Å². The number of hydrogen-bond acceptors (Lipinski definition) is 6. The molecule has 0 bridgehead atoms. The summed E-state index contributed by atoms with van der Waals surface area (Å²) in [5.74, 6) is -0.392. The van der Waals surface area contributed by atoms with Gasteiger partial charge in [0.1, 0.15) is 0 Å². The quantitative estimate of drug-likeness (QED) is 0.775. The molecule has 1 aromatic heterocycles. The smallest absolute Gasteiger partial charge is 0.261 e. The lowest BCUT2D eigenvalue weighted by Gasteiger charge is -2.28. The molecule has 0 radical (unpaired) electrons. The number of amidine groups is 1. The first-order valence-electron chi connectivity index (χ1n) is 8.80. The zero-order valence-corrected chi connectivity index (χ0v) is 17.8. The van der Waals surface area contributed by atoms with Crippen LogP contribution in [0.15, 0.2) is 52.7 Å². The van der Waals surface area contributed by atoms with Crippen LogP contribution in [0.1, 0.15) is 16.0 Å². The number of benzene rings is 1. The lowest BCUT2D eigenvalue weighted by atomic mass is 10.1. The summed E-state index contributed by atoms with van der Waals surface area (Å²) in [6.45, 7) is 2.22. The molecule has 0 fully saturated rings. The minimum Gasteiger partial charge on any atom is -0.331 e. The third-order valence-electron chi connectivity index (χ3n) is 4.51. The molecule has 3 heterocycles. The number of allylic oxidation sites excluding steroid dienone is 2. The molecule has 2 aliphatic heterocycles. The average molecular weight is 449 g/mol. The number of rotatable bonds is 4. The minimum absolute atomic E-state index is 0.0763. The number of halogens is 1. The van der Waals surface area contributed by atoms with Gasteiger partial charge in [-0.1, -0.05) is 29.8 Å². The van der Waals surface area contributed by atoms with Gasteiger partial charge >= 0.3 is 0 Å². The van der Waals surface area contributed by atoms with E-state index in [-0.39, 0.29) is 23.7 Å². The average Bonchev–Trinajstić information content (AvgIpc) is 3.11. The van der Waals surface area contributed by atoms with E-state index >= 15 is 0 Å². The van der Waals surface area contributed by atoms with E-state index in [4.69, 9.17) is 11.6 Å². The van der Waals surface area contributed by atoms with Gasteiger partial charge < -0.3 is 4.90 Å². The van der Waals surface area contributed by atoms with Gasteiger partial charge in [0.15, 0.2) is 11.0 Å². The van der Waals surface area contributed by atoms with E-state index in [9.17, 15) is 13.2 Å². The molecule has 0 atom stereocenters. The van der Waals surface area contributed by atoms with E-state index in [2.05, 4.69) is 14.7 Å². The second-order valence-electron chi connectivity index (χ2n) is 6.63. The maximum atomic E-state index is 12.7. The van der Waals surface area contributed by atoms with E-state index in [0.29, 0.717) is 11.6 Å². The summed E-state index contributed by atoms with van der Waals surface area (Å²) in [6.07, 6.45) is 7.25. The number of fused-ring (bicyclic) bond motifs is 1. The topological polar surface area (TPSA) is 91.7 Å². The molecule has 150 valence electrons. The zero-order valence-electron chi connectivity index (χ0n) is 15.4. The molecule has 4 rings (SSSR count). The molecule has 0 saturated heterocycles. The summed E-state index contributed by atoms with van der Waals surface area (Å²) in [5.41, 5.74) is 2.19. The van der Waals surface area contributed by atoms with Crippen LogP contribution in [0, 0.1) is 6.92 Å². The number of nitrogens with zero attached hydrogens (tertiary/aromatic N) is 3. The highest BCUT2D eigenvalue weighted by atomic mass is 35.5. The van der Waals surface area contributed by atoms with Crippen molar-refractivity contribution in [2.45, 2.75) is 13.3 Å². The van der Waals surface area contributed by atoms with Gasteiger partial charge in [0.05, 0.1) is 11.3 Å². The Bertz CT molecular complexity index is 1180. The van der Waals surface area contributed by atoms with Crippen LogP contribution >= 0.6 is 22.9 Å². The molecular formula is C19H17ClN4O3S2. The Balaban J connectivity index is 1.51. The van der Waals surface area contributed by atoms with Crippen LogP contribution in [0.4, 0.5) is 5.13 Å². The van der Waals surface area contributed by atoms with Gasteiger partial charge in [0.2, 0.25) is 0 Å². The summed E-state index contributed by atoms with van der Waals surface area (Å²) in [4.78, 5) is 19.6. The number of thiazole rings is 1. The predicted molar refractivity (Wildman–Crippen MR) is 115 cm³/mol. The zero-order chi connectivity index (χ0) is 20.6. The molecule has 2 aromatic rings. The van der Waals surface area contributed by atoms with Crippen molar-refractivity contribution in [3.05, 3.63) is 69.3 Å². The second-order valence-corrected chi connectivity index (χ2v) is 9.87. The van der Waals surface area contributed by atoms with Crippen LogP contribution < -0.4 is 5.32 Å². The summed E-state index contributed by atoms with van der Waals surface area (Å²) >= 11 is 7.70. The molecule has 2 aliphatic rings. The van der Waals surface area contributed by atoms with Crippen LogP contribution in [0.3, 0.4) is 0 Å². The van der Waals surface area contributed by atoms with Crippen molar-refractivity contribution in [3.8, 4) is 0 Å². The third kappa shape index (κ3) is 4.26. The number of hydrogen-bond donors (Lipinski definition) is 1. The normalized spacial score (nSPS) is 17.4. The second kappa shape index (κ2) is 7.74. The number of aromatic nitrogens is 1. The highest BCUT2D eigenvalue weighted by Crippen LogP contribution is 2.27. The Kier molecular flexibility index (Phi) is 5.28. The Morgan fingerprint density at radius 1 is 1.38 bits per heavy atom. The number of carbonyl (C=O) groups excluding carboxylic acids is 1. The first-order valence-corrected chi connectivity index (χ1v) is 11.6. The summed E-state index contributed by atoms with van der Waals surface area (Å²) in [6, 6.07) is 5.87. The van der Waals surface area contributed by atoms with Gasteiger partial charge in [-0.25, -0.2) is 13.4 Å². The number of amides is 1. The van der Waals surface area contributed by atoms with Crippen LogP contribution in [0.25, 0.3) is 0 Å². The summed E-state index contributed by atoms with van der Waals surface area (Å²) in [7, 11) is -3.56. The van der Waals surface area contributed by atoms with Crippen molar-refractivity contribution in [2.75, 3.05) is 17.6 Å². The van der Waals surface area contributed by atoms with Gasteiger partial charge in [0, 0.05) is 35.3 Å². The fourth-order valence-electron chi connectivity index (χ4n) is 3.04. The Morgan fingerprint density at radius 3 is 3.03 bits per heavy atom. The molecule has 1 amide bonds. The van der Waals surface area contributed by atoms with Crippen molar-refractivity contribution in [2.24, 2.45) is 4.40 Å². The van der Waals surface area contributed by atoms with Gasteiger partial charge in [-0.05, 0) is 30.2 Å².